The summed E-state index contributed by atoms with van der Waals surface area (Å²) in [6, 6.07) is 5.70. The molecular weight excluding hydrogens is 350 g/mol. The van der Waals surface area contributed by atoms with E-state index in [1.54, 1.807) is 20.9 Å². The summed E-state index contributed by atoms with van der Waals surface area (Å²) in [5.41, 5.74) is 1.50. The number of aromatic nitrogens is 2. The first-order valence-electron chi connectivity index (χ1n) is 8.82. The predicted octanol–water partition coefficient (Wildman–Crippen LogP) is 0.504. The van der Waals surface area contributed by atoms with Crippen molar-refractivity contribution >= 4 is 0 Å². The van der Waals surface area contributed by atoms with Gasteiger partial charge in [-0.1, -0.05) is 6.07 Å². The van der Waals surface area contributed by atoms with Gasteiger partial charge in [0.1, 0.15) is 0 Å². The van der Waals surface area contributed by atoms with E-state index >= 15 is 0 Å². The summed E-state index contributed by atoms with van der Waals surface area (Å²) in [5.74, 6) is 1.40. The molecule has 1 aromatic heterocycles. The summed E-state index contributed by atoms with van der Waals surface area (Å²) < 4.78 is 13.3. The van der Waals surface area contributed by atoms with Crippen molar-refractivity contribution in [2.24, 2.45) is 14.1 Å². The van der Waals surface area contributed by atoms with Crippen LogP contribution in [0.2, 0.25) is 0 Å². The zero-order valence-electron chi connectivity index (χ0n) is 16.1. The molecule has 0 amide bonds. The third-order valence-corrected chi connectivity index (χ3v) is 4.82. The maximum Gasteiger partial charge on any atom is 0.330 e. The molecule has 0 bridgehead atoms. The molecule has 2 heterocycles. The Bertz CT molecular complexity index is 961. The van der Waals surface area contributed by atoms with Gasteiger partial charge in [-0.15, -0.1) is 0 Å². The highest BCUT2D eigenvalue weighted by molar-refractivity contribution is 5.44. The number of benzene rings is 1. The lowest BCUT2D eigenvalue weighted by atomic mass is 10.1. The van der Waals surface area contributed by atoms with Crippen LogP contribution in [0.3, 0.4) is 0 Å². The van der Waals surface area contributed by atoms with Crippen molar-refractivity contribution in [1.82, 2.24) is 14.0 Å². The number of hydrogen-bond donors (Lipinski definition) is 1. The normalized spacial score (nSPS) is 14.0. The Labute approximate surface area is 157 Å². The van der Waals surface area contributed by atoms with Crippen molar-refractivity contribution in [3.63, 3.8) is 0 Å². The van der Waals surface area contributed by atoms with Crippen LogP contribution in [0, 0.1) is 6.92 Å². The first kappa shape index (κ1) is 19.2. The first-order valence-corrected chi connectivity index (χ1v) is 8.82. The Balaban J connectivity index is 1.90. The molecule has 1 aromatic carbocycles. The Morgan fingerprint density at radius 1 is 1.15 bits per heavy atom. The fourth-order valence-corrected chi connectivity index (χ4v) is 3.28. The summed E-state index contributed by atoms with van der Waals surface area (Å²) in [6.07, 6.45) is -0.560. The van der Waals surface area contributed by atoms with Crippen molar-refractivity contribution in [3.8, 4) is 11.5 Å². The molecule has 0 saturated carbocycles. The molecule has 1 atom stereocenters. The van der Waals surface area contributed by atoms with Crippen LogP contribution in [-0.4, -0.2) is 38.6 Å². The lowest BCUT2D eigenvalue weighted by Gasteiger charge is -2.25. The molecule has 27 heavy (non-hydrogen) atoms. The number of ether oxygens (including phenoxy) is 2. The molecular formula is C19H25N3O5. The minimum atomic E-state index is -0.560. The molecule has 2 aromatic rings. The minimum absolute atomic E-state index is 0.212. The van der Waals surface area contributed by atoms with Gasteiger partial charge in [0.15, 0.2) is 11.5 Å². The van der Waals surface area contributed by atoms with E-state index in [1.165, 1.54) is 11.6 Å². The van der Waals surface area contributed by atoms with Gasteiger partial charge in [-0.25, -0.2) is 4.79 Å². The minimum Gasteiger partial charge on any atom is -0.454 e. The molecule has 8 heteroatoms. The second-order valence-corrected chi connectivity index (χ2v) is 6.98. The second-order valence-electron chi connectivity index (χ2n) is 6.98. The molecule has 3 rings (SSSR count). The smallest absolute Gasteiger partial charge is 0.330 e. The van der Waals surface area contributed by atoms with Crippen molar-refractivity contribution in [3.05, 3.63) is 55.9 Å². The van der Waals surface area contributed by atoms with Gasteiger partial charge in [0.2, 0.25) is 6.79 Å². The van der Waals surface area contributed by atoms with Gasteiger partial charge < -0.3 is 19.1 Å². The number of fused-ring (bicyclic) bond motifs is 1. The van der Waals surface area contributed by atoms with Gasteiger partial charge in [-0.3, -0.25) is 14.3 Å². The first-order chi connectivity index (χ1) is 12.8. The van der Waals surface area contributed by atoms with Crippen LogP contribution in [0.5, 0.6) is 11.5 Å². The molecule has 146 valence electrons. The van der Waals surface area contributed by atoms with E-state index in [0.29, 0.717) is 42.4 Å². The summed E-state index contributed by atoms with van der Waals surface area (Å²) >= 11 is 0. The molecule has 0 aliphatic carbocycles. The van der Waals surface area contributed by atoms with E-state index in [1.807, 2.05) is 23.1 Å². The Morgan fingerprint density at radius 2 is 1.85 bits per heavy atom. The highest BCUT2D eigenvalue weighted by atomic mass is 16.7. The van der Waals surface area contributed by atoms with Gasteiger partial charge >= 0.3 is 5.69 Å². The fraction of sp³-hybridized carbons (Fsp3) is 0.474. The number of hydrogen-bond acceptors (Lipinski definition) is 6. The highest BCUT2D eigenvalue weighted by Gasteiger charge is 2.19. The van der Waals surface area contributed by atoms with Crippen molar-refractivity contribution in [2.45, 2.75) is 33.0 Å². The lowest BCUT2D eigenvalue weighted by molar-refractivity contribution is 0.117. The van der Waals surface area contributed by atoms with E-state index in [-0.39, 0.29) is 18.0 Å². The van der Waals surface area contributed by atoms with Gasteiger partial charge in [-0.05, 0) is 31.5 Å². The summed E-state index contributed by atoms with van der Waals surface area (Å²) in [4.78, 5) is 26.7. The lowest BCUT2D eigenvalue weighted by Crippen LogP contribution is -2.42. The quantitative estimate of drug-likeness (QED) is 0.792. The summed E-state index contributed by atoms with van der Waals surface area (Å²) in [6.45, 7) is 4.92. The summed E-state index contributed by atoms with van der Waals surface area (Å²) in [7, 11) is 3.13. The van der Waals surface area contributed by atoms with E-state index in [9.17, 15) is 14.7 Å². The molecule has 0 fully saturated rings. The number of aliphatic hydroxyl groups excluding tert-OH is 1. The van der Waals surface area contributed by atoms with Gasteiger partial charge in [0.05, 0.1) is 11.7 Å². The van der Waals surface area contributed by atoms with Crippen LogP contribution < -0.4 is 20.7 Å². The van der Waals surface area contributed by atoms with Crippen LogP contribution >= 0.6 is 0 Å². The third-order valence-electron chi connectivity index (χ3n) is 4.82. The van der Waals surface area contributed by atoms with Gasteiger partial charge in [0.25, 0.3) is 5.56 Å². The van der Waals surface area contributed by atoms with E-state index in [2.05, 4.69) is 0 Å². The monoisotopic (exact) mass is 375 g/mol. The fourth-order valence-electron chi connectivity index (χ4n) is 3.28. The van der Waals surface area contributed by atoms with Crippen molar-refractivity contribution in [1.29, 1.82) is 0 Å². The Morgan fingerprint density at radius 3 is 2.56 bits per heavy atom. The van der Waals surface area contributed by atoms with E-state index < -0.39 is 6.10 Å². The standard InChI is InChI=1S/C19H25N3O5/c1-12(23)8-22(9-14-5-6-16-17(7-14)27-11-26-16)10-15-13(2)20(3)19(25)21(4)18(15)24/h5-7,12,23H,8-11H2,1-4H3. The molecule has 8 nitrogen and oxygen atoms in total. The summed E-state index contributed by atoms with van der Waals surface area (Å²) in [5, 5.41) is 9.90. The van der Waals surface area contributed by atoms with Gasteiger partial charge in [0, 0.05) is 39.4 Å². The molecule has 1 N–H and O–H groups in total. The van der Waals surface area contributed by atoms with Crippen LogP contribution in [0.25, 0.3) is 0 Å². The molecule has 0 radical (unpaired) electrons. The molecule has 0 saturated heterocycles. The number of aliphatic hydroxyl groups is 1. The van der Waals surface area contributed by atoms with Gasteiger partial charge in [-0.2, -0.15) is 0 Å². The SMILES string of the molecule is Cc1c(CN(Cc2ccc3c(c2)OCO3)CC(C)O)c(=O)n(C)c(=O)n1C. The predicted molar refractivity (Wildman–Crippen MR) is 100 cm³/mol. The number of rotatable bonds is 6. The molecule has 0 spiro atoms. The van der Waals surface area contributed by atoms with Crippen LogP contribution in [0.1, 0.15) is 23.7 Å². The van der Waals surface area contributed by atoms with Crippen LogP contribution in [0.4, 0.5) is 0 Å². The average Bonchev–Trinajstić information content (AvgIpc) is 3.09. The van der Waals surface area contributed by atoms with Crippen molar-refractivity contribution < 1.29 is 14.6 Å². The third kappa shape index (κ3) is 3.91. The average molecular weight is 375 g/mol. The maximum absolute atomic E-state index is 12.6. The van der Waals surface area contributed by atoms with E-state index in [4.69, 9.17) is 9.47 Å². The van der Waals surface area contributed by atoms with E-state index in [0.717, 1.165) is 10.1 Å². The zero-order valence-corrected chi connectivity index (χ0v) is 16.1. The van der Waals surface area contributed by atoms with Crippen LogP contribution in [0.15, 0.2) is 27.8 Å². The number of nitrogens with zero attached hydrogens (tertiary/aromatic N) is 3. The highest BCUT2D eigenvalue weighted by Crippen LogP contribution is 2.32. The second kappa shape index (κ2) is 7.58. The molecule has 1 aliphatic heterocycles. The largest absolute Gasteiger partial charge is 0.454 e. The maximum atomic E-state index is 12.6. The molecule has 1 unspecified atom stereocenters. The Kier molecular flexibility index (Phi) is 5.38. The van der Waals surface area contributed by atoms with Crippen LogP contribution in [-0.2, 0) is 27.2 Å². The van der Waals surface area contributed by atoms with Crippen molar-refractivity contribution in [2.75, 3.05) is 13.3 Å². The molecule has 1 aliphatic rings. The zero-order chi connectivity index (χ0) is 19.7. The Hall–Kier alpha value is -2.58. The topological polar surface area (TPSA) is 85.9 Å².